The number of aliphatic hydroxyl groups is 1. The van der Waals surface area contributed by atoms with E-state index in [2.05, 4.69) is 9.97 Å². The van der Waals surface area contributed by atoms with Crippen LogP contribution < -0.4 is 11.2 Å². The lowest BCUT2D eigenvalue weighted by Crippen LogP contribution is -2.31. The molecule has 2 rings (SSSR count). The summed E-state index contributed by atoms with van der Waals surface area (Å²) in [5.41, 5.74) is 0.153. The van der Waals surface area contributed by atoms with E-state index in [-0.39, 0.29) is 13.3 Å². The number of nitrogens with one attached hydrogen (secondary N) is 1. The van der Waals surface area contributed by atoms with Gasteiger partial charge in [0.2, 0.25) is 0 Å². The molecule has 106 valence electrons. The van der Waals surface area contributed by atoms with Crippen molar-refractivity contribution in [2.24, 2.45) is 0 Å². The molecule has 1 unspecified atom stereocenters. The highest BCUT2D eigenvalue weighted by Crippen LogP contribution is 2.15. The number of aryl methyl sites for hydroxylation is 1. The molecule has 2 N–H and O–H groups in total. The normalized spacial score (nSPS) is 12.3. The number of aromatic nitrogens is 3. The molecule has 20 heavy (non-hydrogen) atoms. The summed E-state index contributed by atoms with van der Waals surface area (Å²) in [7, 11) is 0. The maximum Gasteiger partial charge on any atom is 0.330 e. The minimum atomic E-state index is -0.581. The van der Waals surface area contributed by atoms with Crippen LogP contribution in [0.2, 0.25) is 0 Å². The monoisotopic (exact) mass is 277 g/mol. The number of pyridine rings is 1. The van der Waals surface area contributed by atoms with Crippen molar-refractivity contribution in [1.82, 2.24) is 14.5 Å². The SMILES string of the molecule is Cc1cn(COC(CO)c2cccnc2)c(=O)[nH]c1=O. The van der Waals surface area contributed by atoms with Crippen LogP contribution in [0.15, 0.2) is 40.3 Å². The zero-order valence-corrected chi connectivity index (χ0v) is 10.9. The predicted molar refractivity (Wildman–Crippen MR) is 71.2 cm³/mol. The Morgan fingerprint density at radius 2 is 2.30 bits per heavy atom. The van der Waals surface area contributed by atoms with Gasteiger partial charge in [0, 0.05) is 29.7 Å². The molecule has 0 saturated heterocycles. The van der Waals surface area contributed by atoms with Crippen LogP contribution in [0.25, 0.3) is 0 Å². The van der Waals surface area contributed by atoms with Crippen molar-refractivity contribution in [1.29, 1.82) is 0 Å². The predicted octanol–water partition coefficient (Wildman–Crippen LogP) is -0.0523. The number of ether oxygens (including phenoxy) is 1. The standard InChI is InChI=1S/C13H15N3O4/c1-9-6-16(13(19)15-12(9)18)8-20-11(7-17)10-3-2-4-14-5-10/h2-6,11,17H,7-8H2,1H3,(H,15,18,19). The van der Waals surface area contributed by atoms with E-state index in [4.69, 9.17) is 4.74 Å². The van der Waals surface area contributed by atoms with Crippen molar-refractivity contribution >= 4 is 0 Å². The Bertz CT molecular complexity index is 678. The first-order valence-corrected chi connectivity index (χ1v) is 6.04. The molecule has 0 bridgehead atoms. The molecule has 0 radical (unpaired) electrons. The van der Waals surface area contributed by atoms with Gasteiger partial charge >= 0.3 is 5.69 Å². The average Bonchev–Trinajstić information content (AvgIpc) is 2.46. The van der Waals surface area contributed by atoms with Crippen LogP contribution in [0.1, 0.15) is 17.2 Å². The smallest absolute Gasteiger partial charge is 0.330 e. The molecule has 2 aromatic rings. The van der Waals surface area contributed by atoms with E-state index >= 15 is 0 Å². The van der Waals surface area contributed by atoms with E-state index in [1.807, 2.05) is 0 Å². The second-order valence-corrected chi connectivity index (χ2v) is 4.29. The highest BCUT2D eigenvalue weighted by atomic mass is 16.5. The minimum absolute atomic E-state index is 0.0728. The van der Waals surface area contributed by atoms with Crippen molar-refractivity contribution in [2.45, 2.75) is 19.8 Å². The second-order valence-electron chi connectivity index (χ2n) is 4.29. The van der Waals surface area contributed by atoms with Crippen molar-refractivity contribution < 1.29 is 9.84 Å². The Hall–Kier alpha value is -2.25. The van der Waals surface area contributed by atoms with Gasteiger partial charge in [-0.2, -0.15) is 0 Å². The second kappa shape index (κ2) is 6.27. The van der Waals surface area contributed by atoms with E-state index in [1.165, 1.54) is 10.8 Å². The summed E-state index contributed by atoms with van der Waals surface area (Å²) in [6, 6.07) is 3.51. The van der Waals surface area contributed by atoms with Crippen molar-refractivity contribution in [3.8, 4) is 0 Å². The number of hydrogen-bond acceptors (Lipinski definition) is 5. The number of aliphatic hydroxyl groups excluding tert-OH is 1. The van der Waals surface area contributed by atoms with Gasteiger partial charge in [0.1, 0.15) is 12.8 Å². The summed E-state index contributed by atoms with van der Waals surface area (Å²) >= 11 is 0. The van der Waals surface area contributed by atoms with Crippen molar-refractivity contribution in [3.05, 3.63) is 62.7 Å². The molecule has 1 atom stereocenters. The van der Waals surface area contributed by atoms with Crippen LogP contribution in [-0.2, 0) is 11.5 Å². The molecule has 7 nitrogen and oxygen atoms in total. The molecular formula is C13H15N3O4. The third kappa shape index (κ3) is 3.19. The summed E-state index contributed by atoms with van der Waals surface area (Å²) in [6.07, 6.45) is 4.04. The van der Waals surface area contributed by atoms with E-state index in [9.17, 15) is 14.7 Å². The lowest BCUT2D eigenvalue weighted by Gasteiger charge is -2.16. The Morgan fingerprint density at radius 3 is 2.95 bits per heavy atom. The molecule has 7 heteroatoms. The van der Waals surface area contributed by atoms with Crippen molar-refractivity contribution in [3.63, 3.8) is 0 Å². The highest BCUT2D eigenvalue weighted by molar-refractivity contribution is 5.12. The largest absolute Gasteiger partial charge is 0.393 e. The van der Waals surface area contributed by atoms with Crippen LogP contribution in [0.4, 0.5) is 0 Å². The number of rotatable bonds is 5. The lowest BCUT2D eigenvalue weighted by molar-refractivity contribution is -0.0274. The fourth-order valence-electron chi connectivity index (χ4n) is 1.71. The van der Waals surface area contributed by atoms with Gasteiger partial charge in [0.15, 0.2) is 0 Å². The Kier molecular flexibility index (Phi) is 4.44. The van der Waals surface area contributed by atoms with Crippen molar-refractivity contribution in [2.75, 3.05) is 6.61 Å². The topological polar surface area (TPSA) is 97.2 Å². The zero-order valence-electron chi connectivity index (χ0n) is 10.9. The van der Waals surface area contributed by atoms with Gasteiger partial charge in [-0.05, 0) is 13.0 Å². The lowest BCUT2D eigenvalue weighted by atomic mass is 10.2. The first-order chi connectivity index (χ1) is 9.61. The molecule has 0 saturated carbocycles. The molecule has 0 spiro atoms. The van der Waals surface area contributed by atoms with Gasteiger partial charge in [-0.15, -0.1) is 0 Å². The quantitative estimate of drug-likeness (QED) is 0.798. The van der Waals surface area contributed by atoms with Gasteiger partial charge in [-0.3, -0.25) is 19.3 Å². The number of aromatic amines is 1. The van der Waals surface area contributed by atoms with Gasteiger partial charge < -0.3 is 9.84 Å². The molecule has 0 fully saturated rings. The summed E-state index contributed by atoms with van der Waals surface area (Å²) in [4.78, 5) is 29.0. The Labute approximate surface area is 114 Å². The highest BCUT2D eigenvalue weighted by Gasteiger charge is 2.11. The third-order valence-electron chi connectivity index (χ3n) is 2.83. The van der Waals surface area contributed by atoms with Crippen LogP contribution in [-0.4, -0.2) is 26.2 Å². The molecule has 0 aliphatic rings. The Morgan fingerprint density at radius 1 is 1.50 bits per heavy atom. The van der Waals surface area contributed by atoms with Gasteiger partial charge in [-0.1, -0.05) is 6.07 Å². The molecule has 2 aromatic heterocycles. The molecule has 2 heterocycles. The summed E-state index contributed by atoms with van der Waals surface area (Å²) in [5.74, 6) is 0. The van der Waals surface area contributed by atoms with Crippen LogP contribution in [0.3, 0.4) is 0 Å². The zero-order chi connectivity index (χ0) is 14.5. The van der Waals surface area contributed by atoms with E-state index in [0.717, 1.165) is 0 Å². The number of nitrogens with zero attached hydrogens (tertiary/aromatic N) is 2. The fourth-order valence-corrected chi connectivity index (χ4v) is 1.71. The molecule has 0 aliphatic carbocycles. The number of H-pyrrole nitrogens is 1. The summed E-state index contributed by atoms with van der Waals surface area (Å²) in [6.45, 7) is 1.29. The first kappa shape index (κ1) is 14.2. The summed E-state index contributed by atoms with van der Waals surface area (Å²) < 4.78 is 6.72. The van der Waals surface area contributed by atoms with E-state index < -0.39 is 17.4 Å². The minimum Gasteiger partial charge on any atom is -0.393 e. The third-order valence-corrected chi connectivity index (χ3v) is 2.83. The van der Waals surface area contributed by atoms with E-state index in [0.29, 0.717) is 11.1 Å². The fraction of sp³-hybridized carbons (Fsp3) is 0.308. The number of hydrogen-bond donors (Lipinski definition) is 2. The van der Waals surface area contributed by atoms with Gasteiger partial charge in [0.05, 0.1) is 6.61 Å². The average molecular weight is 277 g/mol. The van der Waals surface area contributed by atoms with Crippen LogP contribution >= 0.6 is 0 Å². The molecule has 0 aromatic carbocycles. The summed E-state index contributed by atoms with van der Waals surface area (Å²) in [5, 5.41) is 9.33. The first-order valence-electron chi connectivity index (χ1n) is 6.04. The Balaban J connectivity index is 2.13. The molecule has 0 aliphatic heterocycles. The maximum atomic E-state index is 11.6. The van der Waals surface area contributed by atoms with E-state index in [1.54, 1.807) is 31.5 Å². The molecular weight excluding hydrogens is 262 g/mol. The van der Waals surface area contributed by atoms with Crippen LogP contribution in [0, 0.1) is 6.92 Å². The molecule has 0 amide bonds. The van der Waals surface area contributed by atoms with Gasteiger partial charge in [-0.25, -0.2) is 4.79 Å². The maximum absolute atomic E-state index is 11.6. The van der Waals surface area contributed by atoms with Gasteiger partial charge in [0.25, 0.3) is 5.56 Å². The van der Waals surface area contributed by atoms with Crippen LogP contribution in [0.5, 0.6) is 0 Å².